The van der Waals surface area contributed by atoms with E-state index in [4.69, 9.17) is 28.4 Å². The highest BCUT2D eigenvalue weighted by atomic mass is 16.6. The molecule has 0 radical (unpaired) electrons. The van der Waals surface area contributed by atoms with Crippen molar-refractivity contribution in [1.29, 1.82) is 0 Å². The van der Waals surface area contributed by atoms with Crippen LogP contribution in [0, 0.1) is 18.8 Å². The van der Waals surface area contributed by atoms with Crippen LogP contribution in [0.4, 0.5) is 0 Å². The molecule has 1 saturated heterocycles. The van der Waals surface area contributed by atoms with Gasteiger partial charge in [-0.05, 0) is 79.3 Å². The molecule has 0 aliphatic carbocycles. The van der Waals surface area contributed by atoms with E-state index in [1.807, 2.05) is 18.2 Å². The Balaban J connectivity index is 1.66. The van der Waals surface area contributed by atoms with Crippen molar-refractivity contribution in [1.82, 2.24) is 0 Å². The Kier molecular flexibility index (Phi) is 11.2. The summed E-state index contributed by atoms with van der Waals surface area (Å²) in [6, 6.07) is 18.6. The van der Waals surface area contributed by atoms with Gasteiger partial charge in [-0.3, -0.25) is 0 Å². The van der Waals surface area contributed by atoms with E-state index in [2.05, 4.69) is 64.1 Å². The lowest BCUT2D eigenvalue weighted by Crippen LogP contribution is -2.46. The van der Waals surface area contributed by atoms with Crippen LogP contribution in [-0.2, 0) is 28.9 Å². The largest absolute Gasteiger partial charge is 0.496 e. The van der Waals surface area contributed by atoms with E-state index in [1.165, 1.54) is 5.56 Å². The Morgan fingerprint density at radius 2 is 1.45 bits per heavy atom. The van der Waals surface area contributed by atoms with Crippen molar-refractivity contribution in [3.8, 4) is 23.0 Å². The molecule has 6 heteroatoms. The summed E-state index contributed by atoms with van der Waals surface area (Å²) in [6.07, 6.45) is 3.29. The van der Waals surface area contributed by atoms with Crippen molar-refractivity contribution in [2.24, 2.45) is 11.8 Å². The fraction of sp³-hybridized carbons (Fsp3) is 0.500. The molecule has 5 atom stereocenters. The number of methoxy groups -OCH3 is 4. The summed E-state index contributed by atoms with van der Waals surface area (Å²) in [5, 5.41) is 0. The molecule has 1 heterocycles. The molecule has 0 bridgehead atoms. The molecular formula is C36H48O6. The van der Waals surface area contributed by atoms with Crippen LogP contribution >= 0.6 is 0 Å². The molecular weight excluding hydrogens is 528 g/mol. The molecule has 4 rings (SSSR count). The maximum atomic E-state index is 6.91. The quantitative estimate of drug-likeness (QED) is 0.206. The van der Waals surface area contributed by atoms with Gasteiger partial charge in [0.15, 0.2) is 11.5 Å². The van der Waals surface area contributed by atoms with Gasteiger partial charge in [0.25, 0.3) is 0 Å². The minimum Gasteiger partial charge on any atom is -0.496 e. The molecule has 0 aromatic heterocycles. The van der Waals surface area contributed by atoms with Gasteiger partial charge in [-0.15, -0.1) is 0 Å². The summed E-state index contributed by atoms with van der Waals surface area (Å²) in [7, 11) is 6.80. The average molecular weight is 577 g/mol. The van der Waals surface area contributed by atoms with Crippen LogP contribution in [-0.4, -0.2) is 40.6 Å². The normalized spacial score (nSPS) is 22.0. The number of ether oxygens (including phenoxy) is 6. The standard InChI is InChI=1S/C36H48O6/c1-9-29-24(3)25(4)34(41-22-27-14-11-10-12-15-27)36(42-29)33-23(2)20-31(38-6)28(35(33)40-8)17-13-16-26-18-19-30(37-5)32(21-26)39-7/h10-12,14-15,18-21,24-25,29,34,36H,9,13,16-17,22H2,1-8H3. The van der Waals surface area contributed by atoms with Crippen molar-refractivity contribution < 1.29 is 28.4 Å². The molecule has 0 saturated carbocycles. The Morgan fingerprint density at radius 3 is 2.10 bits per heavy atom. The lowest BCUT2D eigenvalue weighted by Gasteiger charge is -2.45. The van der Waals surface area contributed by atoms with E-state index in [9.17, 15) is 0 Å². The molecule has 1 aliphatic heterocycles. The summed E-state index contributed by atoms with van der Waals surface area (Å²) in [4.78, 5) is 0. The fourth-order valence-electron chi connectivity index (χ4n) is 6.34. The van der Waals surface area contributed by atoms with Gasteiger partial charge in [0, 0.05) is 11.1 Å². The topological polar surface area (TPSA) is 55.4 Å². The van der Waals surface area contributed by atoms with Gasteiger partial charge in [-0.25, -0.2) is 0 Å². The molecule has 42 heavy (non-hydrogen) atoms. The van der Waals surface area contributed by atoms with Crippen LogP contribution in [0.15, 0.2) is 54.6 Å². The number of benzene rings is 3. The Hall–Kier alpha value is -3.22. The molecule has 1 fully saturated rings. The van der Waals surface area contributed by atoms with Gasteiger partial charge < -0.3 is 28.4 Å². The first-order chi connectivity index (χ1) is 20.4. The van der Waals surface area contributed by atoms with Gasteiger partial charge in [0.2, 0.25) is 0 Å². The Morgan fingerprint density at radius 1 is 0.738 bits per heavy atom. The van der Waals surface area contributed by atoms with Gasteiger partial charge in [-0.2, -0.15) is 0 Å². The van der Waals surface area contributed by atoms with Crippen molar-refractivity contribution in [3.63, 3.8) is 0 Å². The van der Waals surface area contributed by atoms with Gasteiger partial charge in [0.1, 0.15) is 17.6 Å². The zero-order valence-corrected chi connectivity index (χ0v) is 26.6. The summed E-state index contributed by atoms with van der Waals surface area (Å²) in [5.41, 5.74) is 5.56. The third-order valence-corrected chi connectivity index (χ3v) is 8.88. The first-order valence-corrected chi connectivity index (χ1v) is 15.1. The number of hydrogen-bond donors (Lipinski definition) is 0. The maximum absolute atomic E-state index is 6.91. The van der Waals surface area contributed by atoms with Crippen LogP contribution in [0.1, 0.15) is 67.5 Å². The van der Waals surface area contributed by atoms with E-state index in [-0.39, 0.29) is 18.3 Å². The predicted molar refractivity (Wildman–Crippen MR) is 167 cm³/mol. The van der Waals surface area contributed by atoms with E-state index < -0.39 is 0 Å². The lowest BCUT2D eigenvalue weighted by atomic mass is 9.77. The highest BCUT2D eigenvalue weighted by molar-refractivity contribution is 5.55. The SMILES string of the molecule is CCC1OC(c2c(C)cc(OC)c(CCCc3ccc(OC)c(OC)c3)c2OC)C(OCc2ccccc2)C(C)C1C. The summed E-state index contributed by atoms with van der Waals surface area (Å²) >= 11 is 0. The van der Waals surface area contributed by atoms with E-state index in [0.717, 1.165) is 70.9 Å². The molecule has 3 aromatic rings. The monoisotopic (exact) mass is 576 g/mol. The second-order valence-corrected chi connectivity index (χ2v) is 11.3. The average Bonchev–Trinajstić information content (AvgIpc) is 3.02. The smallest absolute Gasteiger partial charge is 0.160 e. The summed E-state index contributed by atoms with van der Waals surface area (Å²) in [6.45, 7) is 9.44. The van der Waals surface area contributed by atoms with Crippen LogP contribution in [0.2, 0.25) is 0 Å². The third-order valence-electron chi connectivity index (χ3n) is 8.88. The van der Waals surface area contributed by atoms with E-state index in [0.29, 0.717) is 18.4 Å². The maximum Gasteiger partial charge on any atom is 0.160 e. The molecule has 1 aliphatic rings. The molecule has 0 amide bonds. The highest BCUT2D eigenvalue weighted by Crippen LogP contribution is 2.48. The van der Waals surface area contributed by atoms with Crippen molar-refractivity contribution in [3.05, 3.63) is 82.4 Å². The Bertz CT molecular complexity index is 1290. The van der Waals surface area contributed by atoms with Gasteiger partial charge >= 0.3 is 0 Å². The van der Waals surface area contributed by atoms with Crippen LogP contribution in [0.3, 0.4) is 0 Å². The molecule has 0 N–H and O–H groups in total. The number of rotatable bonds is 13. The van der Waals surface area contributed by atoms with Crippen molar-refractivity contribution >= 4 is 0 Å². The summed E-state index contributed by atoms with van der Waals surface area (Å²) < 4.78 is 36.7. The molecule has 5 unspecified atom stereocenters. The molecule has 0 spiro atoms. The highest BCUT2D eigenvalue weighted by Gasteiger charge is 2.44. The van der Waals surface area contributed by atoms with Crippen LogP contribution in [0.25, 0.3) is 0 Å². The second kappa shape index (κ2) is 14.8. The fourth-order valence-corrected chi connectivity index (χ4v) is 6.34. The molecule has 228 valence electrons. The minimum absolute atomic E-state index is 0.122. The van der Waals surface area contributed by atoms with Crippen LogP contribution < -0.4 is 18.9 Å². The summed E-state index contributed by atoms with van der Waals surface area (Å²) in [5.74, 6) is 3.83. The van der Waals surface area contributed by atoms with Gasteiger partial charge in [-0.1, -0.05) is 57.2 Å². The van der Waals surface area contributed by atoms with E-state index >= 15 is 0 Å². The van der Waals surface area contributed by atoms with Crippen molar-refractivity contribution in [2.75, 3.05) is 28.4 Å². The zero-order chi connectivity index (χ0) is 30.2. The second-order valence-electron chi connectivity index (χ2n) is 11.3. The zero-order valence-electron chi connectivity index (χ0n) is 26.6. The number of hydrogen-bond acceptors (Lipinski definition) is 6. The van der Waals surface area contributed by atoms with Gasteiger partial charge in [0.05, 0.1) is 47.3 Å². The lowest BCUT2D eigenvalue weighted by molar-refractivity contribution is -0.194. The van der Waals surface area contributed by atoms with E-state index in [1.54, 1.807) is 28.4 Å². The number of aryl methyl sites for hydroxylation is 2. The third kappa shape index (κ3) is 6.87. The Labute approximate surface area is 252 Å². The first kappa shape index (κ1) is 31.7. The molecule has 6 nitrogen and oxygen atoms in total. The predicted octanol–water partition coefficient (Wildman–Crippen LogP) is 7.91. The van der Waals surface area contributed by atoms with Crippen molar-refractivity contribution in [2.45, 2.75) is 78.3 Å². The first-order valence-electron chi connectivity index (χ1n) is 15.1. The van der Waals surface area contributed by atoms with Crippen LogP contribution in [0.5, 0.6) is 23.0 Å². The minimum atomic E-state index is -0.254. The molecule has 3 aromatic carbocycles.